The van der Waals surface area contributed by atoms with Gasteiger partial charge in [-0.15, -0.1) is 0 Å². The third kappa shape index (κ3) is 2.99. The summed E-state index contributed by atoms with van der Waals surface area (Å²) in [6.45, 7) is 0.103. The minimum Gasteiger partial charge on any atom is -0.357 e. The Labute approximate surface area is 153 Å². The number of aryl methyl sites for hydroxylation is 2. The van der Waals surface area contributed by atoms with Gasteiger partial charge in [0.05, 0.1) is 17.5 Å². The highest BCUT2D eigenvalue weighted by Crippen LogP contribution is 2.36. The molecule has 1 aliphatic carbocycles. The van der Waals surface area contributed by atoms with E-state index in [2.05, 4.69) is 15.4 Å². The molecule has 0 saturated carbocycles. The van der Waals surface area contributed by atoms with Crippen molar-refractivity contribution in [1.29, 1.82) is 0 Å². The highest BCUT2D eigenvalue weighted by atomic mass is 35.5. The summed E-state index contributed by atoms with van der Waals surface area (Å²) in [6.07, 6.45) is -0.739. The van der Waals surface area contributed by atoms with E-state index in [-0.39, 0.29) is 18.3 Å². The fraction of sp³-hybridized carbons (Fsp3) is 0.389. The number of rotatable bonds is 3. The molecule has 1 aromatic carbocycles. The molecule has 0 saturated heterocycles. The molecule has 2 N–H and O–H groups in total. The molecule has 1 atom stereocenters. The monoisotopic (exact) mass is 382 g/mol. The predicted molar refractivity (Wildman–Crippen MR) is 94.0 cm³/mol. The maximum Gasteiger partial charge on any atom is 0.419 e. The van der Waals surface area contributed by atoms with Crippen molar-refractivity contribution in [2.24, 2.45) is 7.05 Å². The molecule has 0 fully saturated rings. The molecule has 3 aromatic rings. The van der Waals surface area contributed by atoms with E-state index in [0.29, 0.717) is 5.02 Å². The van der Waals surface area contributed by atoms with Crippen molar-refractivity contribution in [2.75, 3.05) is 0 Å². The molecule has 0 aliphatic heterocycles. The second-order valence-corrected chi connectivity index (χ2v) is 7.10. The molecule has 0 bridgehead atoms. The first-order valence-electron chi connectivity index (χ1n) is 8.46. The van der Waals surface area contributed by atoms with Crippen molar-refractivity contribution in [3.8, 4) is 0 Å². The summed E-state index contributed by atoms with van der Waals surface area (Å²) >= 11 is 6.11. The van der Waals surface area contributed by atoms with Crippen LogP contribution in [0.5, 0.6) is 0 Å². The van der Waals surface area contributed by atoms with Gasteiger partial charge >= 0.3 is 6.18 Å². The molecule has 4 rings (SSSR count). The molecule has 0 amide bonds. The molecular weight excluding hydrogens is 365 g/mol. The first-order valence-corrected chi connectivity index (χ1v) is 8.84. The molecule has 2 heterocycles. The van der Waals surface area contributed by atoms with E-state index in [1.54, 1.807) is 0 Å². The normalized spacial score (nSPS) is 17.7. The number of nitrogens with one attached hydrogen (secondary N) is 2. The topological polar surface area (TPSA) is 45.6 Å². The lowest BCUT2D eigenvalue weighted by atomic mass is 9.91. The van der Waals surface area contributed by atoms with Gasteiger partial charge in [-0.2, -0.15) is 18.3 Å². The Bertz CT molecular complexity index is 957. The van der Waals surface area contributed by atoms with Crippen LogP contribution in [0, 0.1) is 0 Å². The third-order valence-corrected chi connectivity index (χ3v) is 5.29. The zero-order chi connectivity index (χ0) is 18.5. The second-order valence-electron chi connectivity index (χ2n) is 6.66. The largest absolute Gasteiger partial charge is 0.419 e. The predicted octanol–water partition coefficient (Wildman–Crippen LogP) is 4.74. The van der Waals surface area contributed by atoms with Crippen molar-refractivity contribution in [3.05, 3.63) is 51.9 Å². The fourth-order valence-electron chi connectivity index (χ4n) is 3.77. The lowest BCUT2D eigenvalue weighted by Gasteiger charge is -2.24. The van der Waals surface area contributed by atoms with E-state index in [1.165, 1.54) is 17.3 Å². The van der Waals surface area contributed by atoms with Gasteiger partial charge in [-0.25, -0.2) is 0 Å². The summed E-state index contributed by atoms with van der Waals surface area (Å²) in [7, 11) is 1.53. The number of nitrogens with zero attached hydrogens (tertiary/aromatic N) is 2. The lowest BCUT2D eigenvalue weighted by Crippen LogP contribution is -2.27. The number of H-pyrrole nitrogens is 1. The van der Waals surface area contributed by atoms with Crippen molar-refractivity contribution in [2.45, 2.75) is 38.0 Å². The van der Waals surface area contributed by atoms with Gasteiger partial charge in [0.2, 0.25) is 0 Å². The van der Waals surface area contributed by atoms with Gasteiger partial charge in [-0.1, -0.05) is 11.6 Å². The van der Waals surface area contributed by atoms with Gasteiger partial charge in [-0.05, 0) is 43.0 Å². The third-order valence-electron chi connectivity index (χ3n) is 5.05. The molecule has 1 aliphatic rings. The highest BCUT2D eigenvalue weighted by Gasteiger charge is 2.36. The standard InChI is InChI=1S/C18H18ClF3N4/c1-26-16(13(8-24-26)18(20,21)22)9-23-15-4-2-3-11-12-7-10(19)5-6-14(12)25-17(11)15/h5-8,15,23,25H,2-4,9H2,1H3/t15-/m0/s1. The van der Waals surface area contributed by atoms with E-state index in [9.17, 15) is 13.2 Å². The Hall–Kier alpha value is -1.99. The molecule has 2 aromatic heterocycles. The van der Waals surface area contributed by atoms with Crippen LogP contribution in [0.2, 0.25) is 5.02 Å². The van der Waals surface area contributed by atoms with Gasteiger partial charge in [0.15, 0.2) is 0 Å². The fourth-order valence-corrected chi connectivity index (χ4v) is 3.94. The van der Waals surface area contributed by atoms with Crippen molar-refractivity contribution >= 4 is 22.5 Å². The summed E-state index contributed by atoms with van der Waals surface area (Å²) in [5.41, 5.74) is 2.71. The molecule has 0 radical (unpaired) electrons. The molecule has 0 unspecified atom stereocenters. The van der Waals surface area contributed by atoms with Crippen LogP contribution in [0.4, 0.5) is 13.2 Å². The minimum atomic E-state index is -4.40. The first-order chi connectivity index (χ1) is 12.3. The summed E-state index contributed by atoms with van der Waals surface area (Å²) < 4.78 is 40.7. The van der Waals surface area contributed by atoms with E-state index in [1.807, 2.05) is 18.2 Å². The van der Waals surface area contributed by atoms with Gasteiger partial charge in [0.1, 0.15) is 0 Å². The summed E-state index contributed by atoms with van der Waals surface area (Å²) in [6, 6.07) is 5.69. The number of hydrogen-bond donors (Lipinski definition) is 2. The minimum absolute atomic E-state index is 0.0269. The van der Waals surface area contributed by atoms with Crippen LogP contribution in [-0.4, -0.2) is 14.8 Å². The Morgan fingerprint density at radius 1 is 1.38 bits per heavy atom. The second kappa shape index (κ2) is 6.32. The molecule has 138 valence electrons. The smallest absolute Gasteiger partial charge is 0.357 e. The van der Waals surface area contributed by atoms with Crippen LogP contribution in [0.25, 0.3) is 10.9 Å². The summed E-state index contributed by atoms with van der Waals surface area (Å²) in [5, 5.41) is 8.83. The summed E-state index contributed by atoms with van der Waals surface area (Å²) in [5.74, 6) is 0. The van der Waals surface area contributed by atoms with Crippen molar-refractivity contribution in [1.82, 2.24) is 20.1 Å². The van der Waals surface area contributed by atoms with Gasteiger partial charge in [0, 0.05) is 41.3 Å². The number of aromatic nitrogens is 3. The number of fused-ring (bicyclic) bond motifs is 3. The molecule has 26 heavy (non-hydrogen) atoms. The van der Waals surface area contributed by atoms with Crippen LogP contribution in [0.15, 0.2) is 24.4 Å². The van der Waals surface area contributed by atoms with Crippen LogP contribution in [-0.2, 0) is 26.2 Å². The number of hydrogen-bond acceptors (Lipinski definition) is 2. The van der Waals surface area contributed by atoms with E-state index in [4.69, 9.17) is 11.6 Å². The number of aromatic amines is 1. The molecular formula is C18H18ClF3N4. The average molecular weight is 383 g/mol. The number of halogens is 4. The van der Waals surface area contributed by atoms with E-state index < -0.39 is 11.7 Å². The van der Waals surface area contributed by atoms with Gasteiger partial charge < -0.3 is 10.3 Å². The SMILES string of the molecule is Cn1ncc(C(F)(F)F)c1CN[C@H]1CCCc2c1[nH]c1ccc(Cl)cc21. The molecule has 8 heteroatoms. The van der Waals surface area contributed by atoms with E-state index >= 15 is 0 Å². The Balaban J connectivity index is 1.62. The zero-order valence-electron chi connectivity index (χ0n) is 14.1. The van der Waals surface area contributed by atoms with Crippen LogP contribution in [0.1, 0.15) is 41.4 Å². The zero-order valence-corrected chi connectivity index (χ0v) is 14.9. The average Bonchev–Trinajstić information content (AvgIpc) is 3.13. The summed E-state index contributed by atoms with van der Waals surface area (Å²) in [4.78, 5) is 3.42. The molecule has 4 nitrogen and oxygen atoms in total. The van der Waals surface area contributed by atoms with Crippen LogP contribution < -0.4 is 5.32 Å². The Morgan fingerprint density at radius 3 is 2.96 bits per heavy atom. The molecule has 0 spiro atoms. The van der Waals surface area contributed by atoms with Crippen molar-refractivity contribution in [3.63, 3.8) is 0 Å². The van der Waals surface area contributed by atoms with Crippen molar-refractivity contribution < 1.29 is 13.2 Å². The first kappa shape index (κ1) is 17.4. The Morgan fingerprint density at radius 2 is 2.19 bits per heavy atom. The highest BCUT2D eigenvalue weighted by molar-refractivity contribution is 6.31. The quantitative estimate of drug-likeness (QED) is 0.687. The maximum atomic E-state index is 13.1. The van der Waals surface area contributed by atoms with Gasteiger partial charge in [-0.3, -0.25) is 4.68 Å². The van der Waals surface area contributed by atoms with Gasteiger partial charge in [0.25, 0.3) is 0 Å². The maximum absolute atomic E-state index is 13.1. The number of alkyl halides is 3. The Kier molecular flexibility index (Phi) is 4.23. The van der Waals surface area contributed by atoms with Crippen LogP contribution >= 0.6 is 11.6 Å². The number of benzene rings is 1. The van der Waals surface area contributed by atoms with E-state index in [0.717, 1.165) is 42.1 Å². The lowest BCUT2D eigenvalue weighted by molar-refractivity contribution is -0.138. The van der Waals surface area contributed by atoms with Crippen LogP contribution in [0.3, 0.4) is 0 Å².